The maximum atomic E-state index is 2.52. The Balaban J connectivity index is 1.45. The van der Waals surface area contributed by atoms with Crippen LogP contribution in [0.2, 0.25) is 0 Å². The fourth-order valence-electron chi connectivity index (χ4n) is 8.85. The molecule has 0 saturated heterocycles. The highest BCUT2D eigenvalue weighted by Gasteiger charge is 2.39. The van der Waals surface area contributed by atoms with Gasteiger partial charge in [0.2, 0.25) is 6.71 Å². The minimum Gasteiger partial charge on any atom is -0.310 e. The molecule has 0 aliphatic carbocycles. The molecule has 56 heavy (non-hydrogen) atoms. The lowest BCUT2D eigenvalue weighted by atomic mass is 9.36. The Morgan fingerprint density at radius 1 is 0.393 bits per heavy atom. The van der Waals surface area contributed by atoms with Gasteiger partial charge in [-0.05, 0) is 131 Å². The molecule has 0 N–H and O–H groups in total. The van der Waals surface area contributed by atoms with Crippen LogP contribution < -0.4 is 26.2 Å². The normalized spacial score (nSPS) is 12.0. The van der Waals surface area contributed by atoms with Crippen molar-refractivity contribution in [3.8, 4) is 11.1 Å². The summed E-state index contributed by atoms with van der Waals surface area (Å²) in [4.78, 5) is 4.85. The molecular weight excluding hydrogens is 675 g/mol. The number of hydrogen-bond acceptors (Lipinski definition) is 2. The second-order valence-corrected chi connectivity index (χ2v) is 16.5. The predicted molar refractivity (Wildman–Crippen MR) is 244 cm³/mol. The average Bonchev–Trinajstić information content (AvgIpc) is 3.50. The van der Waals surface area contributed by atoms with Crippen LogP contribution in [0.1, 0.15) is 87.1 Å². The second kappa shape index (κ2) is 15.4. The van der Waals surface area contributed by atoms with Crippen molar-refractivity contribution in [3.05, 3.63) is 186 Å². The molecule has 0 fully saturated rings. The first kappa shape index (κ1) is 37.1. The Morgan fingerprint density at radius 3 is 1.00 bits per heavy atom. The number of rotatable bonds is 10. The van der Waals surface area contributed by atoms with E-state index in [4.69, 9.17) is 0 Å². The quantitative estimate of drug-likeness (QED) is 0.129. The zero-order chi connectivity index (χ0) is 39.1. The van der Waals surface area contributed by atoms with Crippen LogP contribution in [0.25, 0.3) is 11.1 Å². The van der Waals surface area contributed by atoms with Crippen molar-refractivity contribution in [1.29, 1.82) is 0 Å². The van der Waals surface area contributed by atoms with Crippen molar-refractivity contribution in [2.75, 3.05) is 9.80 Å². The van der Waals surface area contributed by atoms with Gasteiger partial charge in [0.25, 0.3) is 0 Å². The maximum absolute atomic E-state index is 2.52. The first-order chi connectivity index (χ1) is 27.1. The highest BCUT2D eigenvalue weighted by molar-refractivity contribution is 6.99. The lowest BCUT2D eigenvalue weighted by Crippen LogP contribution is -2.52. The van der Waals surface area contributed by atoms with Gasteiger partial charge in [0.15, 0.2) is 0 Å². The smallest absolute Gasteiger partial charge is 0.243 e. The fraction of sp³-hybridized carbons (Fsp3) is 0.208. The van der Waals surface area contributed by atoms with E-state index in [1.165, 1.54) is 66.7 Å². The van der Waals surface area contributed by atoms with Gasteiger partial charge in [0, 0.05) is 34.1 Å². The highest BCUT2D eigenvalue weighted by atomic mass is 15.1. The molecule has 0 spiro atoms. The molecule has 1 aliphatic heterocycles. The summed E-state index contributed by atoms with van der Waals surface area (Å²) in [7, 11) is 0. The maximum Gasteiger partial charge on any atom is 0.243 e. The molecule has 7 aromatic rings. The summed E-state index contributed by atoms with van der Waals surface area (Å²) in [6.45, 7) is 18.9. The van der Waals surface area contributed by atoms with E-state index in [0.717, 1.165) is 22.7 Å². The van der Waals surface area contributed by atoms with Crippen molar-refractivity contribution in [2.24, 2.45) is 0 Å². The molecule has 8 rings (SSSR count). The number of fused-ring (bicyclic) bond motifs is 3. The molecular formula is C53H53BN2. The molecule has 2 nitrogen and oxygen atoms in total. The van der Waals surface area contributed by atoms with Gasteiger partial charge >= 0.3 is 0 Å². The van der Waals surface area contributed by atoms with Gasteiger partial charge in [-0.2, -0.15) is 0 Å². The van der Waals surface area contributed by atoms with Gasteiger partial charge in [-0.15, -0.1) is 0 Å². The molecule has 278 valence electrons. The Bertz CT molecular complexity index is 2220. The Hall–Kier alpha value is -5.80. The molecule has 3 heteroatoms. The van der Waals surface area contributed by atoms with Gasteiger partial charge in [0.05, 0.1) is 0 Å². The summed E-state index contributed by atoms with van der Waals surface area (Å²) in [6, 6.07) is 58.3. The van der Waals surface area contributed by atoms with E-state index in [-0.39, 0.29) is 6.71 Å². The number of aryl methyl sites for hydroxylation is 2. The number of hydrogen-bond donors (Lipinski definition) is 0. The molecule has 1 heterocycles. The number of para-hydroxylation sites is 4. The second-order valence-electron chi connectivity index (χ2n) is 16.5. The molecule has 0 bridgehead atoms. The number of benzene rings is 7. The third kappa shape index (κ3) is 6.74. The Labute approximate surface area is 335 Å². The van der Waals surface area contributed by atoms with Gasteiger partial charge in [0.1, 0.15) is 0 Å². The first-order valence-electron chi connectivity index (χ1n) is 20.4. The van der Waals surface area contributed by atoms with Crippen LogP contribution in [0.15, 0.2) is 158 Å². The van der Waals surface area contributed by atoms with Gasteiger partial charge in [-0.3, -0.25) is 0 Å². The van der Waals surface area contributed by atoms with Gasteiger partial charge in [-0.25, -0.2) is 0 Å². The van der Waals surface area contributed by atoms with Gasteiger partial charge < -0.3 is 9.80 Å². The monoisotopic (exact) mass is 728 g/mol. The third-order valence-corrected chi connectivity index (χ3v) is 11.7. The zero-order valence-corrected chi connectivity index (χ0v) is 34.2. The zero-order valence-electron chi connectivity index (χ0n) is 34.2. The fourth-order valence-corrected chi connectivity index (χ4v) is 8.85. The van der Waals surface area contributed by atoms with E-state index in [1.54, 1.807) is 0 Å². The lowest BCUT2D eigenvalue weighted by molar-refractivity contribution is 0.812. The Morgan fingerprint density at radius 2 is 0.714 bits per heavy atom. The van der Waals surface area contributed by atoms with Crippen LogP contribution in [-0.2, 0) is 0 Å². The highest BCUT2D eigenvalue weighted by Crippen LogP contribution is 2.43. The van der Waals surface area contributed by atoms with E-state index in [0.29, 0.717) is 17.8 Å². The van der Waals surface area contributed by atoms with E-state index < -0.39 is 0 Å². The third-order valence-electron chi connectivity index (χ3n) is 11.7. The van der Waals surface area contributed by atoms with E-state index in [2.05, 4.69) is 223 Å². The topological polar surface area (TPSA) is 6.48 Å². The molecule has 0 saturated carbocycles. The summed E-state index contributed by atoms with van der Waals surface area (Å²) in [5, 5.41) is 0. The van der Waals surface area contributed by atoms with Crippen molar-refractivity contribution in [3.63, 3.8) is 0 Å². The summed E-state index contributed by atoms with van der Waals surface area (Å²) >= 11 is 0. The molecule has 1 aliphatic rings. The van der Waals surface area contributed by atoms with Crippen molar-refractivity contribution < 1.29 is 0 Å². The first-order valence-corrected chi connectivity index (χ1v) is 20.4. The van der Waals surface area contributed by atoms with Crippen LogP contribution in [0.5, 0.6) is 0 Å². The Kier molecular flexibility index (Phi) is 10.2. The van der Waals surface area contributed by atoms with Crippen LogP contribution in [0.4, 0.5) is 34.1 Å². The molecule has 0 radical (unpaired) electrons. The molecule has 0 aromatic heterocycles. The van der Waals surface area contributed by atoms with Crippen LogP contribution in [-0.4, -0.2) is 6.71 Å². The summed E-state index contributed by atoms with van der Waals surface area (Å²) in [6.07, 6.45) is 0. The van der Waals surface area contributed by atoms with E-state index >= 15 is 0 Å². The molecule has 0 unspecified atom stereocenters. The number of nitrogens with zero attached hydrogens (tertiary/aromatic N) is 2. The van der Waals surface area contributed by atoms with Crippen molar-refractivity contribution >= 4 is 57.2 Å². The molecule has 7 aromatic carbocycles. The van der Waals surface area contributed by atoms with Crippen molar-refractivity contribution in [2.45, 2.75) is 73.1 Å². The lowest BCUT2D eigenvalue weighted by Gasteiger charge is -2.29. The summed E-state index contributed by atoms with van der Waals surface area (Å²) < 4.78 is 0. The average molecular weight is 729 g/mol. The standard InChI is InChI=1S/C53H53BN2/c1-35(2)40-31-45(36(3)4)53(46(32-40)37(5)6)54-49-29-38(7)51(55(41-21-13-9-14-22-41)42-23-15-10-16-24-42)33-47(49)48-34-52(39(8)30-50(48)54)56(43-25-17-11-18-26-43)44-27-19-12-20-28-44/h9-37H,1-8H3. The minimum absolute atomic E-state index is 0.111. The SMILES string of the molecule is Cc1cc2c(cc1N(c1ccccc1)c1ccccc1)-c1cc(N(c3ccccc3)c3ccccc3)c(C)cc1B2c1c(C(C)C)cc(C(C)C)cc1C(C)C. The predicted octanol–water partition coefficient (Wildman–Crippen LogP) is 13.1. The summed E-state index contributed by atoms with van der Waals surface area (Å²) in [5.41, 5.74) is 20.8. The van der Waals surface area contributed by atoms with Crippen molar-refractivity contribution in [1.82, 2.24) is 0 Å². The van der Waals surface area contributed by atoms with Crippen LogP contribution in [0.3, 0.4) is 0 Å². The number of anilines is 6. The van der Waals surface area contributed by atoms with Crippen LogP contribution >= 0.6 is 0 Å². The largest absolute Gasteiger partial charge is 0.310 e. The van der Waals surface area contributed by atoms with Crippen LogP contribution in [0, 0.1) is 13.8 Å². The van der Waals surface area contributed by atoms with Gasteiger partial charge in [-0.1, -0.05) is 155 Å². The summed E-state index contributed by atoms with van der Waals surface area (Å²) in [5.74, 6) is 1.22. The molecule has 0 amide bonds. The van der Waals surface area contributed by atoms with E-state index in [1.807, 2.05) is 0 Å². The molecule has 0 atom stereocenters. The van der Waals surface area contributed by atoms with E-state index in [9.17, 15) is 0 Å². The minimum atomic E-state index is 0.111.